The van der Waals surface area contributed by atoms with Crippen molar-refractivity contribution in [1.82, 2.24) is 10.2 Å². The molecule has 0 spiro atoms. The summed E-state index contributed by atoms with van der Waals surface area (Å²) in [5, 5.41) is 18.0. The number of fused-ring (bicyclic) bond motifs is 1. The van der Waals surface area contributed by atoms with E-state index in [1.165, 1.54) is 0 Å². The van der Waals surface area contributed by atoms with Crippen LogP contribution in [-0.2, 0) is 4.79 Å². The van der Waals surface area contributed by atoms with E-state index in [0.29, 0.717) is 17.2 Å². The number of esters is 1. The number of nitrogens with one attached hydrogen (secondary N) is 1. The van der Waals surface area contributed by atoms with Crippen LogP contribution >= 0.6 is 0 Å². The Morgan fingerprint density at radius 2 is 1.82 bits per heavy atom. The van der Waals surface area contributed by atoms with Gasteiger partial charge in [0.2, 0.25) is 0 Å². The Bertz CT molecular complexity index is 1440. The molecule has 1 saturated carbocycles. The lowest BCUT2D eigenvalue weighted by Crippen LogP contribution is -2.07. The molecule has 5 nitrogen and oxygen atoms in total. The summed E-state index contributed by atoms with van der Waals surface area (Å²) < 4.78 is 5.64. The van der Waals surface area contributed by atoms with Gasteiger partial charge in [-0.2, -0.15) is 10.4 Å². The topological polar surface area (TPSA) is 78.8 Å². The number of carbonyl (C=O) groups excluding carboxylic acids is 1. The second-order valence-electron chi connectivity index (χ2n) is 7.98. The molecular weight excluding hydrogens is 410 g/mol. The number of aromatic amines is 1. The zero-order chi connectivity index (χ0) is 22.8. The highest BCUT2D eigenvalue weighted by Gasteiger charge is 2.32. The number of ether oxygens (including phenoxy) is 1. The van der Waals surface area contributed by atoms with Gasteiger partial charge in [-0.3, -0.25) is 5.10 Å². The molecule has 160 valence electrons. The van der Waals surface area contributed by atoms with Crippen LogP contribution in [0.25, 0.3) is 22.0 Å². The molecule has 5 heteroatoms. The minimum absolute atomic E-state index is 0.358. The summed E-state index contributed by atoms with van der Waals surface area (Å²) in [4.78, 5) is 12.1. The van der Waals surface area contributed by atoms with E-state index in [9.17, 15) is 10.1 Å². The second-order valence-corrected chi connectivity index (χ2v) is 7.98. The predicted octanol–water partition coefficient (Wildman–Crippen LogP) is 5.90. The van der Waals surface area contributed by atoms with E-state index < -0.39 is 5.97 Å². The van der Waals surface area contributed by atoms with E-state index in [1.54, 1.807) is 12.3 Å². The van der Waals surface area contributed by atoms with Crippen molar-refractivity contribution in [3.8, 4) is 11.8 Å². The van der Waals surface area contributed by atoms with E-state index in [1.807, 2.05) is 48.5 Å². The van der Waals surface area contributed by atoms with Crippen molar-refractivity contribution in [2.24, 2.45) is 5.92 Å². The smallest absolute Gasteiger partial charge is 0.335 e. The molecule has 1 fully saturated rings. The first kappa shape index (κ1) is 20.5. The molecule has 0 atom stereocenters. The molecule has 1 aliphatic rings. The summed E-state index contributed by atoms with van der Waals surface area (Å²) in [6.45, 7) is 3.53. The van der Waals surface area contributed by atoms with Crippen LogP contribution in [-0.4, -0.2) is 16.2 Å². The van der Waals surface area contributed by atoms with Crippen LogP contribution < -0.4 is 4.74 Å². The highest BCUT2D eigenvalue weighted by atomic mass is 16.5. The van der Waals surface area contributed by atoms with Crippen molar-refractivity contribution in [2.75, 3.05) is 0 Å². The standard InChI is InChI=1S/C28H21N3O2/c1-2-26(32)33-25-11-7-6-10-21(25)28(27(19-12-13-19)18-8-4-3-5-9-18)20-14-15-24-23(17-30-31-24)22(20)16-29/h2-11,14-15,17,19H,1,12-13H2,(H,30,31)/b28-27+. The molecule has 1 N–H and O–H groups in total. The zero-order valence-corrected chi connectivity index (χ0v) is 17.9. The fourth-order valence-corrected chi connectivity index (χ4v) is 4.27. The molecule has 0 aliphatic heterocycles. The van der Waals surface area contributed by atoms with Crippen LogP contribution in [0.15, 0.2) is 85.6 Å². The van der Waals surface area contributed by atoms with Gasteiger partial charge in [0.15, 0.2) is 0 Å². The van der Waals surface area contributed by atoms with Crippen LogP contribution in [0.5, 0.6) is 5.75 Å². The molecule has 5 rings (SSSR count). The van der Waals surface area contributed by atoms with Crippen LogP contribution in [0.3, 0.4) is 0 Å². The molecule has 1 aromatic heterocycles. The predicted molar refractivity (Wildman–Crippen MR) is 128 cm³/mol. The summed E-state index contributed by atoms with van der Waals surface area (Å²) in [6.07, 6.45) is 4.96. The number of benzene rings is 3. The molecule has 1 heterocycles. The van der Waals surface area contributed by atoms with Gasteiger partial charge in [0.05, 0.1) is 17.3 Å². The summed E-state index contributed by atoms with van der Waals surface area (Å²) in [5.41, 5.74) is 6.03. The maximum Gasteiger partial charge on any atom is 0.335 e. The monoisotopic (exact) mass is 431 g/mol. The zero-order valence-electron chi connectivity index (χ0n) is 17.9. The maximum atomic E-state index is 12.1. The lowest BCUT2D eigenvalue weighted by molar-refractivity contribution is -0.128. The van der Waals surface area contributed by atoms with E-state index in [-0.39, 0.29) is 0 Å². The Labute approximate surface area is 191 Å². The fraction of sp³-hybridized carbons (Fsp3) is 0.107. The summed E-state index contributed by atoms with van der Waals surface area (Å²) in [5.74, 6) is 0.264. The Balaban J connectivity index is 1.87. The van der Waals surface area contributed by atoms with Crippen molar-refractivity contribution < 1.29 is 9.53 Å². The van der Waals surface area contributed by atoms with Gasteiger partial charge in [0.1, 0.15) is 11.8 Å². The minimum atomic E-state index is -0.528. The van der Waals surface area contributed by atoms with Crippen LogP contribution in [0.4, 0.5) is 0 Å². The molecule has 4 aromatic rings. The Hall–Kier alpha value is -4.43. The van der Waals surface area contributed by atoms with E-state index in [2.05, 4.69) is 35.0 Å². The van der Waals surface area contributed by atoms with Crippen molar-refractivity contribution in [3.05, 3.63) is 108 Å². The van der Waals surface area contributed by atoms with Gasteiger partial charge in [0, 0.05) is 22.6 Å². The Morgan fingerprint density at radius 3 is 2.55 bits per heavy atom. The largest absolute Gasteiger partial charge is 0.423 e. The number of hydrogen-bond acceptors (Lipinski definition) is 4. The summed E-state index contributed by atoms with van der Waals surface area (Å²) >= 11 is 0. The number of rotatable bonds is 6. The number of para-hydroxylation sites is 1. The highest BCUT2D eigenvalue weighted by molar-refractivity contribution is 6.05. The van der Waals surface area contributed by atoms with Crippen molar-refractivity contribution in [1.29, 1.82) is 5.26 Å². The number of nitrogens with zero attached hydrogens (tertiary/aromatic N) is 2. The number of nitriles is 1. The van der Waals surface area contributed by atoms with Gasteiger partial charge in [-0.25, -0.2) is 4.79 Å². The average molecular weight is 431 g/mol. The lowest BCUT2D eigenvalue weighted by atomic mass is 9.84. The van der Waals surface area contributed by atoms with Crippen LogP contribution in [0.2, 0.25) is 0 Å². The molecule has 3 aromatic carbocycles. The number of H-pyrrole nitrogens is 1. The quantitative estimate of drug-likeness (QED) is 0.179. The molecule has 0 bridgehead atoms. The number of aromatic nitrogens is 2. The van der Waals surface area contributed by atoms with Crippen LogP contribution in [0, 0.1) is 17.2 Å². The van der Waals surface area contributed by atoms with Gasteiger partial charge >= 0.3 is 5.97 Å². The van der Waals surface area contributed by atoms with Crippen molar-refractivity contribution >= 4 is 28.0 Å². The van der Waals surface area contributed by atoms with Gasteiger partial charge < -0.3 is 4.74 Å². The van der Waals surface area contributed by atoms with E-state index in [0.717, 1.165) is 57.7 Å². The lowest BCUT2D eigenvalue weighted by Gasteiger charge is -2.20. The van der Waals surface area contributed by atoms with Crippen molar-refractivity contribution in [2.45, 2.75) is 12.8 Å². The normalized spacial score (nSPS) is 13.8. The van der Waals surface area contributed by atoms with E-state index >= 15 is 0 Å². The maximum absolute atomic E-state index is 12.1. The summed E-state index contributed by atoms with van der Waals surface area (Å²) in [7, 11) is 0. The van der Waals surface area contributed by atoms with Crippen molar-refractivity contribution in [3.63, 3.8) is 0 Å². The van der Waals surface area contributed by atoms with Gasteiger partial charge in [-0.05, 0) is 47.6 Å². The third-order valence-electron chi connectivity index (χ3n) is 5.88. The van der Waals surface area contributed by atoms with E-state index in [4.69, 9.17) is 4.74 Å². The van der Waals surface area contributed by atoms with Gasteiger partial charge in [-0.15, -0.1) is 0 Å². The number of carbonyl (C=O) groups is 1. The first-order valence-corrected chi connectivity index (χ1v) is 10.8. The number of hydrogen-bond donors (Lipinski definition) is 1. The third kappa shape index (κ3) is 3.83. The molecule has 0 radical (unpaired) electrons. The average Bonchev–Trinajstić information content (AvgIpc) is 3.58. The molecule has 33 heavy (non-hydrogen) atoms. The molecule has 0 amide bonds. The minimum Gasteiger partial charge on any atom is -0.423 e. The van der Waals surface area contributed by atoms with Crippen LogP contribution in [0.1, 0.15) is 35.1 Å². The summed E-state index contributed by atoms with van der Waals surface area (Å²) in [6, 6.07) is 23.9. The molecule has 0 unspecified atom stereocenters. The molecule has 1 aliphatic carbocycles. The second kappa shape index (κ2) is 8.60. The molecular formula is C28H21N3O2. The highest BCUT2D eigenvalue weighted by Crippen LogP contribution is 2.49. The van der Waals surface area contributed by atoms with Gasteiger partial charge in [0.25, 0.3) is 0 Å². The number of allylic oxidation sites excluding steroid dienone is 1. The first-order valence-electron chi connectivity index (χ1n) is 10.8. The third-order valence-corrected chi connectivity index (χ3v) is 5.88. The SMILES string of the molecule is C=CC(=O)Oc1ccccc1/C(=C(\c1ccccc1)C1CC1)c1ccc2[nH]ncc2c1C#N. The fourth-order valence-electron chi connectivity index (χ4n) is 4.27. The molecule has 0 saturated heterocycles. The Kier molecular flexibility index (Phi) is 5.34. The van der Waals surface area contributed by atoms with Gasteiger partial charge in [-0.1, -0.05) is 61.2 Å². The first-order chi connectivity index (χ1) is 16.2. The Morgan fingerprint density at radius 1 is 1.06 bits per heavy atom.